The minimum absolute atomic E-state index is 0.0514. The summed E-state index contributed by atoms with van der Waals surface area (Å²) in [5.41, 5.74) is 0.982. The van der Waals surface area contributed by atoms with E-state index in [9.17, 15) is 13.2 Å². The number of carbonyl (C=O) groups excluding carboxylic acids is 1. The zero-order valence-electron chi connectivity index (χ0n) is 16.2. The first kappa shape index (κ1) is 20.9. The molecule has 1 aromatic carbocycles. The lowest BCUT2D eigenvalue weighted by Crippen LogP contribution is -2.38. The van der Waals surface area contributed by atoms with Gasteiger partial charge >= 0.3 is 0 Å². The Kier molecular flexibility index (Phi) is 7.65. The molecular formula is C20H32N2O3S. The average molecular weight is 381 g/mol. The Morgan fingerprint density at radius 2 is 1.73 bits per heavy atom. The highest BCUT2D eigenvalue weighted by Crippen LogP contribution is 2.21. The average Bonchev–Trinajstić information content (AvgIpc) is 2.65. The van der Waals surface area contributed by atoms with Gasteiger partial charge in [-0.1, -0.05) is 39.3 Å². The summed E-state index contributed by atoms with van der Waals surface area (Å²) in [7, 11) is -3.38. The first-order valence-electron chi connectivity index (χ1n) is 9.73. The third-order valence-electron chi connectivity index (χ3n) is 5.11. The predicted octanol–water partition coefficient (Wildman–Crippen LogP) is 3.34. The van der Waals surface area contributed by atoms with E-state index in [-0.39, 0.29) is 11.9 Å². The number of aryl methyl sites for hydroxylation is 1. The van der Waals surface area contributed by atoms with Gasteiger partial charge in [0.1, 0.15) is 0 Å². The summed E-state index contributed by atoms with van der Waals surface area (Å²) in [6.45, 7) is 7.51. The van der Waals surface area contributed by atoms with Gasteiger partial charge in [0.15, 0.2) is 0 Å². The van der Waals surface area contributed by atoms with Gasteiger partial charge in [0.25, 0.3) is 0 Å². The van der Waals surface area contributed by atoms with E-state index < -0.39 is 10.0 Å². The van der Waals surface area contributed by atoms with E-state index in [4.69, 9.17) is 0 Å². The van der Waals surface area contributed by atoms with Crippen LogP contribution in [-0.2, 0) is 21.2 Å². The second kappa shape index (κ2) is 9.51. The van der Waals surface area contributed by atoms with Gasteiger partial charge in [-0.15, -0.1) is 0 Å². The lowest BCUT2D eigenvalue weighted by molar-refractivity contribution is -0.122. The van der Waals surface area contributed by atoms with Gasteiger partial charge in [0.2, 0.25) is 15.9 Å². The molecular weight excluding hydrogens is 348 g/mol. The highest BCUT2D eigenvalue weighted by molar-refractivity contribution is 7.89. The Morgan fingerprint density at radius 3 is 2.27 bits per heavy atom. The van der Waals surface area contributed by atoms with Crippen molar-refractivity contribution < 1.29 is 13.2 Å². The molecule has 146 valence electrons. The van der Waals surface area contributed by atoms with E-state index in [0.29, 0.717) is 36.7 Å². The fourth-order valence-corrected chi connectivity index (χ4v) is 4.88. The molecule has 1 amide bonds. The van der Waals surface area contributed by atoms with Crippen LogP contribution in [0.15, 0.2) is 29.2 Å². The number of rotatable bonds is 8. The molecule has 1 heterocycles. The third kappa shape index (κ3) is 5.55. The van der Waals surface area contributed by atoms with Crippen molar-refractivity contribution in [3.8, 4) is 0 Å². The highest BCUT2D eigenvalue weighted by Gasteiger charge is 2.25. The highest BCUT2D eigenvalue weighted by atomic mass is 32.2. The standard InChI is InChI=1S/C20H32N2O3S/c1-4-19(16(2)3)21-20(23)13-10-17-8-11-18(12-9-17)26(24,25)22-14-6-5-7-15-22/h8-9,11-12,16,19H,4-7,10,13-15H2,1-3H3,(H,21,23). The molecule has 0 radical (unpaired) electrons. The van der Waals surface area contributed by atoms with Crippen molar-refractivity contribution in [1.82, 2.24) is 9.62 Å². The first-order chi connectivity index (χ1) is 12.3. The smallest absolute Gasteiger partial charge is 0.243 e. The molecule has 1 unspecified atom stereocenters. The summed E-state index contributed by atoms with van der Waals surface area (Å²) in [6, 6.07) is 7.19. The molecule has 0 spiro atoms. The van der Waals surface area contributed by atoms with E-state index in [1.165, 1.54) is 0 Å². The number of hydrogen-bond donors (Lipinski definition) is 1. The lowest BCUT2D eigenvalue weighted by atomic mass is 10.0. The van der Waals surface area contributed by atoms with Crippen LogP contribution in [0, 0.1) is 5.92 Å². The van der Waals surface area contributed by atoms with Crippen LogP contribution in [0.2, 0.25) is 0 Å². The minimum Gasteiger partial charge on any atom is -0.353 e. The molecule has 1 N–H and O–H groups in total. The number of sulfonamides is 1. The minimum atomic E-state index is -3.38. The Hall–Kier alpha value is -1.40. The van der Waals surface area contributed by atoms with E-state index in [2.05, 4.69) is 26.1 Å². The monoisotopic (exact) mass is 380 g/mol. The van der Waals surface area contributed by atoms with E-state index >= 15 is 0 Å². The van der Waals surface area contributed by atoms with E-state index in [1.807, 2.05) is 12.1 Å². The molecule has 1 aliphatic rings. The second-order valence-electron chi connectivity index (χ2n) is 7.43. The molecule has 1 saturated heterocycles. The number of amides is 1. The molecule has 5 nitrogen and oxygen atoms in total. The van der Waals surface area contributed by atoms with Crippen molar-refractivity contribution in [2.75, 3.05) is 13.1 Å². The van der Waals surface area contributed by atoms with Crippen LogP contribution in [0.1, 0.15) is 58.4 Å². The molecule has 1 aromatic rings. The van der Waals surface area contributed by atoms with Crippen LogP contribution in [0.3, 0.4) is 0 Å². The van der Waals surface area contributed by atoms with Crippen molar-refractivity contribution in [1.29, 1.82) is 0 Å². The summed E-state index contributed by atoms with van der Waals surface area (Å²) < 4.78 is 26.9. The number of carbonyl (C=O) groups is 1. The molecule has 1 atom stereocenters. The van der Waals surface area contributed by atoms with Crippen LogP contribution >= 0.6 is 0 Å². The second-order valence-corrected chi connectivity index (χ2v) is 9.37. The zero-order valence-corrected chi connectivity index (χ0v) is 17.0. The third-order valence-corrected chi connectivity index (χ3v) is 7.02. The lowest BCUT2D eigenvalue weighted by Gasteiger charge is -2.25. The van der Waals surface area contributed by atoms with Gasteiger partial charge in [0, 0.05) is 25.6 Å². The molecule has 0 aromatic heterocycles. The summed E-state index contributed by atoms with van der Waals surface area (Å²) in [5, 5.41) is 3.07. The Balaban J connectivity index is 1.92. The van der Waals surface area contributed by atoms with Crippen LogP contribution in [-0.4, -0.2) is 37.8 Å². The fourth-order valence-electron chi connectivity index (χ4n) is 3.36. The number of benzene rings is 1. The van der Waals surface area contributed by atoms with Crippen molar-refractivity contribution >= 4 is 15.9 Å². The van der Waals surface area contributed by atoms with Gasteiger partial charge in [-0.2, -0.15) is 4.31 Å². The quantitative estimate of drug-likeness (QED) is 0.752. The van der Waals surface area contributed by atoms with E-state index in [0.717, 1.165) is 31.2 Å². The first-order valence-corrected chi connectivity index (χ1v) is 11.2. The number of nitrogens with one attached hydrogen (secondary N) is 1. The fraction of sp³-hybridized carbons (Fsp3) is 0.650. The van der Waals surface area contributed by atoms with Crippen molar-refractivity contribution in [3.05, 3.63) is 29.8 Å². The van der Waals surface area contributed by atoms with Gasteiger partial charge in [-0.25, -0.2) is 8.42 Å². The Labute approximate surface area is 158 Å². The van der Waals surface area contributed by atoms with Crippen LogP contribution in [0.4, 0.5) is 0 Å². The molecule has 0 aliphatic carbocycles. The summed E-state index contributed by atoms with van der Waals surface area (Å²) in [4.78, 5) is 12.5. The topological polar surface area (TPSA) is 66.5 Å². The van der Waals surface area contributed by atoms with E-state index in [1.54, 1.807) is 16.4 Å². The van der Waals surface area contributed by atoms with Gasteiger partial charge in [-0.3, -0.25) is 4.79 Å². The Morgan fingerprint density at radius 1 is 1.12 bits per heavy atom. The van der Waals surface area contributed by atoms with Crippen molar-refractivity contribution in [2.24, 2.45) is 5.92 Å². The molecule has 26 heavy (non-hydrogen) atoms. The van der Waals surface area contributed by atoms with Gasteiger partial charge in [0.05, 0.1) is 4.90 Å². The molecule has 0 bridgehead atoms. The van der Waals surface area contributed by atoms with Gasteiger partial charge in [-0.05, 0) is 49.3 Å². The molecule has 1 fully saturated rings. The SMILES string of the molecule is CCC(NC(=O)CCc1ccc(S(=O)(=O)N2CCCCC2)cc1)C(C)C. The summed E-state index contributed by atoms with van der Waals surface area (Å²) in [5.74, 6) is 0.471. The normalized spacial score (nSPS) is 17.2. The molecule has 6 heteroatoms. The largest absolute Gasteiger partial charge is 0.353 e. The maximum Gasteiger partial charge on any atom is 0.243 e. The number of hydrogen-bond acceptors (Lipinski definition) is 3. The summed E-state index contributed by atoms with van der Waals surface area (Å²) in [6.07, 6.45) is 4.92. The molecule has 2 rings (SSSR count). The molecule has 0 saturated carbocycles. The summed E-state index contributed by atoms with van der Waals surface area (Å²) >= 11 is 0. The molecule has 1 aliphatic heterocycles. The number of piperidine rings is 1. The van der Waals surface area contributed by atoms with Crippen molar-refractivity contribution in [3.63, 3.8) is 0 Å². The van der Waals surface area contributed by atoms with Crippen LogP contribution < -0.4 is 5.32 Å². The predicted molar refractivity (Wildman–Crippen MR) is 104 cm³/mol. The van der Waals surface area contributed by atoms with Crippen LogP contribution in [0.5, 0.6) is 0 Å². The number of nitrogens with zero attached hydrogens (tertiary/aromatic N) is 1. The maximum atomic E-state index is 12.6. The zero-order chi connectivity index (χ0) is 19.2. The maximum absolute atomic E-state index is 12.6. The van der Waals surface area contributed by atoms with Crippen LogP contribution in [0.25, 0.3) is 0 Å². The van der Waals surface area contributed by atoms with Gasteiger partial charge < -0.3 is 5.32 Å². The van der Waals surface area contributed by atoms with Crippen molar-refractivity contribution in [2.45, 2.75) is 70.2 Å². The Bertz CT molecular complexity index is 678.